The number of hydrogen-bond donors (Lipinski definition) is 1. The molecule has 0 fully saturated rings. The molecular weight excluding hydrogens is 224 g/mol. The van der Waals surface area contributed by atoms with Crippen molar-refractivity contribution in [2.75, 3.05) is 5.73 Å². The summed E-state index contributed by atoms with van der Waals surface area (Å²) in [5.41, 5.74) is 10.9. The number of nitrogen functional groups attached to an aromatic ring is 1. The second-order valence-corrected chi connectivity index (χ2v) is 4.75. The van der Waals surface area contributed by atoms with Gasteiger partial charge in [-0.2, -0.15) is 0 Å². The fraction of sp³-hybridized carbons (Fsp3) is 0.267. The highest BCUT2D eigenvalue weighted by molar-refractivity contribution is 5.43. The molecule has 0 amide bonds. The summed E-state index contributed by atoms with van der Waals surface area (Å²) >= 11 is 0. The molecule has 0 saturated carbocycles. The first-order valence-corrected chi connectivity index (χ1v) is 6.00. The molecule has 0 unspecified atom stereocenters. The minimum atomic E-state index is -0.00986. The summed E-state index contributed by atoms with van der Waals surface area (Å²) in [6.45, 7) is 6.54. The Morgan fingerprint density at radius 3 is 2.33 bits per heavy atom. The lowest BCUT2D eigenvalue weighted by Gasteiger charge is -2.13. The number of nitrogens with two attached hydrogens (primary N) is 1. The van der Waals surface area contributed by atoms with Gasteiger partial charge in [-0.05, 0) is 43.0 Å². The first-order valence-electron chi connectivity index (χ1n) is 6.00. The zero-order chi connectivity index (χ0) is 13.3. The van der Waals surface area contributed by atoms with Gasteiger partial charge in [0.2, 0.25) is 0 Å². The predicted octanol–water partition coefficient (Wildman–Crippen LogP) is 2.40. The van der Waals surface area contributed by atoms with Crippen LogP contribution < -0.4 is 11.3 Å². The van der Waals surface area contributed by atoms with E-state index in [1.165, 1.54) is 16.7 Å². The number of nitrogens with zero attached hydrogens (tertiary/aromatic N) is 1. The number of benzene rings is 1. The predicted molar refractivity (Wildman–Crippen MR) is 74.9 cm³/mol. The number of aryl methyl sites for hydroxylation is 3. The van der Waals surface area contributed by atoms with Crippen molar-refractivity contribution in [3.8, 4) is 0 Å². The van der Waals surface area contributed by atoms with E-state index < -0.39 is 0 Å². The molecule has 0 aliphatic heterocycles. The van der Waals surface area contributed by atoms with E-state index in [1.54, 1.807) is 16.8 Å². The van der Waals surface area contributed by atoms with Crippen LogP contribution in [0.25, 0.3) is 0 Å². The van der Waals surface area contributed by atoms with Crippen LogP contribution in [0.3, 0.4) is 0 Å². The van der Waals surface area contributed by atoms with E-state index in [2.05, 4.69) is 26.0 Å². The SMILES string of the molecule is Cc1cc(=O)n(Cc2c(C)cccc2C)cc1N. The van der Waals surface area contributed by atoms with Crippen LogP contribution in [0.15, 0.2) is 35.3 Å². The molecule has 1 heterocycles. The normalized spacial score (nSPS) is 10.6. The largest absolute Gasteiger partial charge is 0.397 e. The van der Waals surface area contributed by atoms with Gasteiger partial charge in [-0.25, -0.2) is 0 Å². The maximum Gasteiger partial charge on any atom is 0.251 e. The molecule has 94 valence electrons. The topological polar surface area (TPSA) is 48.0 Å². The Bertz CT molecular complexity index is 621. The first-order chi connectivity index (χ1) is 8.49. The minimum Gasteiger partial charge on any atom is -0.397 e. The third-order valence-electron chi connectivity index (χ3n) is 3.35. The number of aromatic nitrogens is 1. The fourth-order valence-electron chi connectivity index (χ4n) is 2.08. The molecule has 1 aromatic heterocycles. The van der Waals surface area contributed by atoms with Crippen LogP contribution in [0.2, 0.25) is 0 Å². The van der Waals surface area contributed by atoms with E-state index in [4.69, 9.17) is 5.73 Å². The quantitative estimate of drug-likeness (QED) is 0.879. The van der Waals surface area contributed by atoms with E-state index >= 15 is 0 Å². The maximum absolute atomic E-state index is 11.9. The minimum absolute atomic E-state index is 0.00986. The molecule has 3 heteroatoms. The van der Waals surface area contributed by atoms with Gasteiger partial charge in [0.25, 0.3) is 5.56 Å². The van der Waals surface area contributed by atoms with Crippen molar-refractivity contribution < 1.29 is 0 Å². The molecule has 2 aromatic rings. The molecule has 0 radical (unpaired) electrons. The standard InChI is InChI=1S/C15H18N2O/c1-10-5-4-6-11(2)13(10)8-17-9-14(16)12(3)7-15(17)18/h4-7,9H,8,16H2,1-3H3. The van der Waals surface area contributed by atoms with E-state index in [0.717, 1.165) is 5.56 Å². The van der Waals surface area contributed by atoms with Crippen LogP contribution >= 0.6 is 0 Å². The molecule has 0 spiro atoms. The zero-order valence-electron chi connectivity index (χ0n) is 11.0. The van der Waals surface area contributed by atoms with Gasteiger partial charge in [0.1, 0.15) is 0 Å². The summed E-state index contributed by atoms with van der Waals surface area (Å²) < 4.78 is 1.66. The van der Waals surface area contributed by atoms with E-state index in [0.29, 0.717) is 12.2 Å². The molecule has 2 rings (SSSR count). The van der Waals surface area contributed by atoms with Gasteiger partial charge in [0.15, 0.2) is 0 Å². The summed E-state index contributed by atoms with van der Waals surface area (Å²) in [5, 5.41) is 0. The third-order valence-corrected chi connectivity index (χ3v) is 3.35. The second kappa shape index (κ2) is 4.69. The van der Waals surface area contributed by atoms with Crippen LogP contribution in [0.4, 0.5) is 5.69 Å². The van der Waals surface area contributed by atoms with Crippen LogP contribution in [0, 0.1) is 20.8 Å². The Labute approximate surface area is 107 Å². The second-order valence-electron chi connectivity index (χ2n) is 4.75. The van der Waals surface area contributed by atoms with Crippen LogP contribution in [-0.2, 0) is 6.54 Å². The number of hydrogen-bond acceptors (Lipinski definition) is 2. The van der Waals surface area contributed by atoms with Gasteiger partial charge in [0, 0.05) is 12.3 Å². The molecule has 0 bridgehead atoms. The van der Waals surface area contributed by atoms with Crippen molar-refractivity contribution in [2.45, 2.75) is 27.3 Å². The van der Waals surface area contributed by atoms with Crippen molar-refractivity contribution in [3.63, 3.8) is 0 Å². The highest BCUT2D eigenvalue weighted by Gasteiger charge is 2.06. The number of rotatable bonds is 2. The monoisotopic (exact) mass is 242 g/mol. The van der Waals surface area contributed by atoms with Gasteiger partial charge in [-0.1, -0.05) is 18.2 Å². The van der Waals surface area contributed by atoms with Gasteiger partial charge < -0.3 is 10.3 Å². The zero-order valence-corrected chi connectivity index (χ0v) is 11.0. The number of anilines is 1. The molecule has 0 aliphatic rings. The Morgan fingerprint density at radius 2 is 1.72 bits per heavy atom. The molecular formula is C15H18N2O. The highest BCUT2D eigenvalue weighted by Crippen LogP contribution is 2.15. The van der Waals surface area contributed by atoms with Crippen LogP contribution in [0.5, 0.6) is 0 Å². The molecule has 0 atom stereocenters. The lowest BCUT2D eigenvalue weighted by Crippen LogP contribution is -2.21. The van der Waals surface area contributed by atoms with Crippen LogP contribution in [0.1, 0.15) is 22.3 Å². The van der Waals surface area contributed by atoms with Gasteiger partial charge in [-0.3, -0.25) is 4.79 Å². The van der Waals surface area contributed by atoms with E-state index in [1.807, 2.05) is 13.0 Å². The molecule has 0 aliphatic carbocycles. The summed E-state index contributed by atoms with van der Waals surface area (Å²) in [4.78, 5) is 11.9. The third kappa shape index (κ3) is 2.30. The van der Waals surface area contributed by atoms with Crippen molar-refractivity contribution >= 4 is 5.69 Å². The van der Waals surface area contributed by atoms with E-state index in [9.17, 15) is 4.79 Å². The maximum atomic E-state index is 11.9. The van der Waals surface area contributed by atoms with Gasteiger partial charge in [-0.15, -0.1) is 0 Å². The molecule has 18 heavy (non-hydrogen) atoms. The highest BCUT2D eigenvalue weighted by atomic mass is 16.1. The average molecular weight is 242 g/mol. The van der Waals surface area contributed by atoms with E-state index in [-0.39, 0.29) is 5.56 Å². The molecule has 1 aromatic carbocycles. The molecule has 2 N–H and O–H groups in total. The van der Waals surface area contributed by atoms with Gasteiger partial charge >= 0.3 is 0 Å². The van der Waals surface area contributed by atoms with Crippen molar-refractivity contribution in [1.29, 1.82) is 0 Å². The summed E-state index contributed by atoms with van der Waals surface area (Å²) in [6.07, 6.45) is 1.73. The van der Waals surface area contributed by atoms with Gasteiger partial charge in [0.05, 0.1) is 12.2 Å². The smallest absolute Gasteiger partial charge is 0.251 e. The Balaban J connectivity index is 2.47. The Kier molecular flexibility index (Phi) is 3.24. The Morgan fingerprint density at radius 1 is 1.11 bits per heavy atom. The molecule has 3 nitrogen and oxygen atoms in total. The van der Waals surface area contributed by atoms with Crippen molar-refractivity contribution in [3.05, 3.63) is 63.1 Å². The summed E-state index contributed by atoms with van der Waals surface area (Å²) in [6, 6.07) is 7.74. The molecule has 0 saturated heterocycles. The van der Waals surface area contributed by atoms with Crippen LogP contribution in [-0.4, -0.2) is 4.57 Å². The number of pyridine rings is 1. The lowest BCUT2D eigenvalue weighted by atomic mass is 10.0. The summed E-state index contributed by atoms with van der Waals surface area (Å²) in [7, 11) is 0. The summed E-state index contributed by atoms with van der Waals surface area (Å²) in [5.74, 6) is 0. The first kappa shape index (κ1) is 12.4. The van der Waals surface area contributed by atoms with Crippen molar-refractivity contribution in [2.24, 2.45) is 0 Å². The lowest BCUT2D eigenvalue weighted by molar-refractivity contribution is 0.751. The van der Waals surface area contributed by atoms with Crippen molar-refractivity contribution in [1.82, 2.24) is 4.57 Å². The average Bonchev–Trinajstić information content (AvgIpc) is 2.30. The Hall–Kier alpha value is -2.03. The fourth-order valence-corrected chi connectivity index (χ4v) is 2.08.